The zero-order valence-electron chi connectivity index (χ0n) is 15.9. The van der Waals surface area contributed by atoms with Crippen molar-refractivity contribution in [3.8, 4) is 23.3 Å². The maximum absolute atomic E-state index is 13.0. The van der Waals surface area contributed by atoms with Crippen LogP contribution >= 0.6 is 0 Å². The van der Waals surface area contributed by atoms with Crippen LogP contribution in [-0.2, 0) is 4.79 Å². The maximum atomic E-state index is 13.0. The Labute approximate surface area is 169 Å². The molecule has 0 bridgehead atoms. The predicted octanol–water partition coefficient (Wildman–Crippen LogP) is 4.29. The Balaban J connectivity index is 1.49. The van der Waals surface area contributed by atoms with E-state index in [4.69, 9.17) is 4.74 Å². The highest BCUT2D eigenvalue weighted by Crippen LogP contribution is 2.43. The van der Waals surface area contributed by atoms with E-state index < -0.39 is 5.92 Å². The summed E-state index contributed by atoms with van der Waals surface area (Å²) in [6, 6.07) is 22.3. The summed E-state index contributed by atoms with van der Waals surface area (Å²) < 4.78 is 5.94. The van der Waals surface area contributed by atoms with Crippen LogP contribution in [0.1, 0.15) is 39.9 Å². The number of fused-ring (bicyclic) bond motifs is 2. The van der Waals surface area contributed by atoms with Crippen LogP contribution in [0, 0.1) is 11.8 Å². The highest BCUT2D eigenvalue weighted by atomic mass is 16.5. The fourth-order valence-electron chi connectivity index (χ4n) is 3.36. The van der Waals surface area contributed by atoms with Crippen molar-refractivity contribution in [3.05, 3.63) is 95.1 Å². The minimum Gasteiger partial charge on any atom is -0.457 e. The number of benzene rings is 3. The fraction of sp³-hybridized carbons (Fsp3) is 0.120. The summed E-state index contributed by atoms with van der Waals surface area (Å²) in [5, 5.41) is 2.91. The molecule has 1 aliphatic heterocycles. The number of ether oxygens (including phenoxy) is 1. The van der Waals surface area contributed by atoms with Crippen molar-refractivity contribution in [2.75, 3.05) is 6.54 Å². The summed E-state index contributed by atoms with van der Waals surface area (Å²) in [4.78, 5) is 24.3. The van der Waals surface area contributed by atoms with Gasteiger partial charge in [-0.25, -0.2) is 0 Å². The van der Waals surface area contributed by atoms with Crippen LogP contribution in [-0.4, -0.2) is 18.2 Å². The van der Waals surface area contributed by atoms with Gasteiger partial charge in [-0.15, -0.1) is 0 Å². The summed E-state index contributed by atoms with van der Waals surface area (Å²) in [6.45, 7) is 1.76. The van der Waals surface area contributed by atoms with Crippen LogP contribution in [0.15, 0.2) is 72.8 Å². The molecule has 3 aromatic rings. The summed E-state index contributed by atoms with van der Waals surface area (Å²) in [7, 11) is 0. The van der Waals surface area contributed by atoms with Gasteiger partial charge in [-0.2, -0.15) is 0 Å². The number of Topliss-reactive ketones (excluding diaryl/α,β-unsaturated/α-hetero) is 1. The average molecular weight is 381 g/mol. The number of ketones is 1. The standard InChI is InChI=1S/C25H19NO3/c1-17(27)19-14-12-18(13-15-19)7-6-16-26-25(28)24-20-8-2-4-10-22(20)29-23-11-5-3-9-21(23)24/h2-5,8-15,24H,16H2,1H3,(H,26,28). The van der Waals surface area contributed by atoms with Gasteiger partial charge < -0.3 is 10.1 Å². The first-order valence-electron chi connectivity index (χ1n) is 9.37. The molecule has 0 saturated carbocycles. The van der Waals surface area contributed by atoms with Gasteiger partial charge in [0.25, 0.3) is 0 Å². The molecule has 0 saturated heterocycles. The first kappa shape index (κ1) is 18.5. The third kappa shape index (κ3) is 3.90. The zero-order chi connectivity index (χ0) is 20.2. The molecular formula is C25H19NO3. The number of carbonyl (C=O) groups is 2. The molecule has 1 heterocycles. The molecule has 1 aliphatic rings. The molecular weight excluding hydrogens is 362 g/mol. The average Bonchev–Trinajstić information content (AvgIpc) is 2.75. The van der Waals surface area contributed by atoms with E-state index in [1.54, 1.807) is 24.3 Å². The Morgan fingerprint density at radius 2 is 1.48 bits per heavy atom. The molecule has 0 spiro atoms. The van der Waals surface area contributed by atoms with E-state index in [1.165, 1.54) is 6.92 Å². The molecule has 0 atom stereocenters. The summed E-state index contributed by atoms with van der Waals surface area (Å²) in [5.41, 5.74) is 3.14. The van der Waals surface area contributed by atoms with Crippen molar-refractivity contribution in [3.63, 3.8) is 0 Å². The lowest BCUT2D eigenvalue weighted by atomic mass is 9.87. The van der Waals surface area contributed by atoms with E-state index in [0.29, 0.717) is 17.1 Å². The molecule has 0 aromatic heterocycles. The van der Waals surface area contributed by atoms with Crippen LogP contribution in [0.5, 0.6) is 11.5 Å². The Kier molecular flexibility index (Phi) is 5.13. The van der Waals surface area contributed by atoms with E-state index >= 15 is 0 Å². The molecule has 0 aliphatic carbocycles. The molecule has 0 unspecified atom stereocenters. The minimum atomic E-state index is -0.437. The lowest BCUT2D eigenvalue weighted by Gasteiger charge is -2.27. The van der Waals surface area contributed by atoms with Crippen molar-refractivity contribution in [2.24, 2.45) is 0 Å². The molecule has 4 heteroatoms. The van der Waals surface area contributed by atoms with Crippen molar-refractivity contribution in [1.82, 2.24) is 5.32 Å². The monoisotopic (exact) mass is 381 g/mol. The summed E-state index contributed by atoms with van der Waals surface area (Å²) >= 11 is 0. The molecule has 4 rings (SSSR count). The Morgan fingerprint density at radius 1 is 0.897 bits per heavy atom. The first-order chi connectivity index (χ1) is 14.1. The van der Waals surface area contributed by atoms with Crippen molar-refractivity contribution in [2.45, 2.75) is 12.8 Å². The molecule has 1 N–H and O–H groups in total. The van der Waals surface area contributed by atoms with Crippen molar-refractivity contribution >= 4 is 11.7 Å². The molecule has 142 valence electrons. The maximum Gasteiger partial charge on any atom is 0.233 e. The van der Waals surface area contributed by atoms with Gasteiger partial charge >= 0.3 is 0 Å². The first-order valence-corrected chi connectivity index (χ1v) is 9.37. The van der Waals surface area contributed by atoms with E-state index in [1.807, 2.05) is 48.5 Å². The van der Waals surface area contributed by atoms with Gasteiger partial charge in [-0.3, -0.25) is 9.59 Å². The number of hydrogen-bond donors (Lipinski definition) is 1. The molecule has 1 amide bonds. The van der Waals surface area contributed by atoms with Crippen molar-refractivity contribution < 1.29 is 14.3 Å². The predicted molar refractivity (Wildman–Crippen MR) is 111 cm³/mol. The highest BCUT2D eigenvalue weighted by molar-refractivity contribution is 5.94. The molecule has 4 nitrogen and oxygen atoms in total. The molecule has 0 fully saturated rings. The minimum absolute atomic E-state index is 0.0220. The Bertz CT molecular complexity index is 1090. The number of amides is 1. The van der Waals surface area contributed by atoms with Crippen LogP contribution < -0.4 is 10.1 Å². The van der Waals surface area contributed by atoms with Crippen molar-refractivity contribution in [1.29, 1.82) is 0 Å². The number of hydrogen-bond acceptors (Lipinski definition) is 3. The van der Waals surface area contributed by atoms with Crippen LogP contribution in [0.25, 0.3) is 0 Å². The number of para-hydroxylation sites is 2. The largest absolute Gasteiger partial charge is 0.457 e. The Hall–Kier alpha value is -3.84. The second-order valence-corrected chi connectivity index (χ2v) is 6.76. The lowest BCUT2D eigenvalue weighted by molar-refractivity contribution is -0.121. The van der Waals surface area contributed by atoms with E-state index in [-0.39, 0.29) is 18.2 Å². The van der Waals surface area contributed by atoms with E-state index in [0.717, 1.165) is 16.7 Å². The van der Waals surface area contributed by atoms with Gasteiger partial charge in [0.2, 0.25) is 5.91 Å². The van der Waals surface area contributed by atoms with Gasteiger partial charge in [0.05, 0.1) is 12.5 Å². The van der Waals surface area contributed by atoms with Crippen LogP contribution in [0.3, 0.4) is 0 Å². The highest BCUT2D eigenvalue weighted by Gasteiger charge is 2.31. The summed E-state index contributed by atoms with van der Waals surface area (Å²) in [5.74, 6) is 6.84. The van der Waals surface area contributed by atoms with Gasteiger partial charge in [-0.05, 0) is 31.2 Å². The van der Waals surface area contributed by atoms with Gasteiger partial charge in [0.1, 0.15) is 11.5 Å². The fourth-order valence-corrected chi connectivity index (χ4v) is 3.36. The normalized spacial score (nSPS) is 11.9. The van der Waals surface area contributed by atoms with E-state index in [9.17, 15) is 9.59 Å². The van der Waals surface area contributed by atoms with Crippen LogP contribution in [0.2, 0.25) is 0 Å². The molecule has 29 heavy (non-hydrogen) atoms. The summed E-state index contributed by atoms with van der Waals surface area (Å²) in [6.07, 6.45) is 0. The molecule has 3 aromatic carbocycles. The second-order valence-electron chi connectivity index (χ2n) is 6.76. The number of carbonyl (C=O) groups excluding carboxylic acids is 2. The third-order valence-corrected chi connectivity index (χ3v) is 4.82. The molecule has 0 radical (unpaired) electrons. The number of nitrogens with one attached hydrogen (secondary N) is 1. The van der Waals surface area contributed by atoms with Gasteiger partial charge in [0.15, 0.2) is 5.78 Å². The second kappa shape index (κ2) is 8.04. The van der Waals surface area contributed by atoms with E-state index in [2.05, 4.69) is 17.2 Å². The van der Waals surface area contributed by atoms with Crippen LogP contribution in [0.4, 0.5) is 0 Å². The van der Waals surface area contributed by atoms with Gasteiger partial charge in [-0.1, -0.05) is 60.4 Å². The lowest BCUT2D eigenvalue weighted by Crippen LogP contribution is -2.31. The zero-order valence-corrected chi connectivity index (χ0v) is 15.9. The van der Waals surface area contributed by atoms with Gasteiger partial charge in [0, 0.05) is 22.3 Å². The Morgan fingerprint density at radius 3 is 2.07 bits per heavy atom. The smallest absolute Gasteiger partial charge is 0.233 e. The topological polar surface area (TPSA) is 55.4 Å². The third-order valence-electron chi connectivity index (χ3n) is 4.82. The number of rotatable bonds is 3. The quantitative estimate of drug-likeness (QED) is 0.544. The SMILES string of the molecule is CC(=O)c1ccc(C#CCNC(=O)C2c3ccccc3Oc3ccccc32)cc1.